The Kier molecular flexibility index (Phi) is 4.38. The maximum atomic E-state index is 5.41. The molecule has 0 unspecified atom stereocenters. The number of nitrogens with zero attached hydrogens (tertiary/aromatic N) is 3. The van der Waals surface area contributed by atoms with Crippen LogP contribution in [0.4, 0.5) is 5.69 Å². The first-order valence-corrected chi connectivity index (χ1v) is 9.13. The molecule has 0 amide bonds. The number of imidazole rings is 1. The molecule has 7 heteroatoms. The van der Waals surface area contributed by atoms with Crippen LogP contribution in [0.5, 0.6) is 11.5 Å². The molecule has 0 radical (unpaired) electrons. The molecular weight excluding hydrogens is 366 g/mol. The fraction of sp³-hybridized carbons (Fsp3) is 0.0455. The maximum Gasteiger partial charge on any atom is 0.231 e. The number of hydrazone groups is 1. The number of amidine groups is 1. The Balaban J connectivity index is 1.45. The van der Waals surface area contributed by atoms with Crippen LogP contribution in [-0.2, 0) is 0 Å². The van der Waals surface area contributed by atoms with Gasteiger partial charge >= 0.3 is 0 Å². The molecule has 1 aliphatic rings. The topological polar surface area (TPSA) is 83.9 Å². The molecule has 2 heterocycles. The minimum atomic E-state index is 0.244. The highest BCUT2D eigenvalue weighted by molar-refractivity contribution is 6.00. The van der Waals surface area contributed by atoms with E-state index in [0.29, 0.717) is 17.4 Å². The summed E-state index contributed by atoms with van der Waals surface area (Å²) in [5.74, 6) is 2.58. The molecule has 0 fully saturated rings. The Hall–Kier alpha value is -4.13. The minimum absolute atomic E-state index is 0.244. The van der Waals surface area contributed by atoms with Crippen LogP contribution in [-0.4, -0.2) is 28.8 Å². The SMILES string of the molecule is C(=NNC(=Nc1ccccc1)c1nc2ccccc2[nH]1)c1ccc2c(c1)OCO2. The highest BCUT2D eigenvalue weighted by Crippen LogP contribution is 2.31. The van der Waals surface area contributed by atoms with E-state index in [0.717, 1.165) is 28.0 Å². The number of nitrogens with one attached hydrogen (secondary N) is 2. The van der Waals surface area contributed by atoms with Crippen molar-refractivity contribution in [2.45, 2.75) is 0 Å². The van der Waals surface area contributed by atoms with Gasteiger partial charge in [0.2, 0.25) is 6.79 Å². The number of fused-ring (bicyclic) bond motifs is 2. The number of hydrogen-bond acceptors (Lipinski definition) is 5. The summed E-state index contributed by atoms with van der Waals surface area (Å²) >= 11 is 0. The molecule has 142 valence electrons. The van der Waals surface area contributed by atoms with Crippen molar-refractivity contribution in [3.63, 3.8) is 0 Å². The van der Waals surface area contributed by atoms with E-state index < -0.39 is 0 Å². The summed E-state index contributed by atoms with van der Waals surface area (Å²) in [5, 5.41) is 4.35. The van der Waals surface area contributed by atoms with Crippen LogP contribution in [0, 0.1) is 0 Å². The van der Waals surface area contributed by atoms with E-state index in [9.17, 15) is 0 Å². The molecule has 7 nitrogen and oxygen atoms in total. The van der Waals surface area contributed by atoms with Crippen molar-refractivity contribution >= 4 is 28.8 Å². The Morgan fingerprint density at radius 1 is 0.966 bits per heavy atom. The van der Waals surface area contributed by atoms with Gasteiger partial charge in [-0.05, 0) is 48.0 Å². The zero-order chi connectivity index (χ0) is 19.5. The standard InChI is InChI=1S/C22H17N5O2/c1-2-6-16(7-3-1)24-22(21-25-17-8-4-5-9-18(17)26-21)27-23-13-15-10-11-19-20(12-15)29-14-28-19/h1-13H,14H2,(H,24,27)(H,25,26). The van der Waals surface area contributed by atoms with Gasteiger partial charge in [0.1, 0.15) is 0 Å². The van der Waals surface area contributed by atoms with Crippen LogP contribution in [0.2, 0.25) is 0 Å². The van der Waals surface area contributed by atoms with Crippen molar-refractivity contribution in [3.8, 4) is 11.5 Å². The van der Waals surface area contributed by atoms with Gasteiger partial charge in [-0.3, -0.25) is 5.43 Å². The highest BCUT2D eigenvalue weighted by atomic mass is 16.7. The van der Waals surface area contributed by atoms with E-state index in [-0.39, 0.29) is 6.79 Å². The average Bonchev–Trinajstić information content (AvgIpc) is 3.40. The summed E-state index contributed by atoms with van der Waals surface area (Å²) in [4.78, 5) is 12.6. The first kappa shape index (κ1) is 17.0. The number of hydrogen-bond donors (Lipinski definition) is 2. The first-order chi connectivity index (χ1) is 14.3. The van der Waals surface area contributed by atoms with E-state index in [4.69, 9.17) is 9.47 Å². The Bertz CT molecular complexity index is 1180. The van der Waals surface area contributed by atoms with E-state index in [1.165, 1.54) is 0 Å². The third-order valence-electron chi connectivity index (χ3n) is 4.39. The van der Waals surface area contributed by atoms with Crippen molar-refractivity contribution in [1.82, 2.24) is 15.4 Å². The first-order valence-electron chi connectivity index (χ1n) is 9.13. The minimum Gasteiger partial charge on any atom is -0.454 e. The van der Waals surface area contributed by atoms with Gasteiger partial charge in [-0.2, -0.15) is 5.10 Å². The molecule has 0 atom stereocenters. The van der Waals surface area contributed by atoms with Gasteiger partial charge in [0.15, 0.2) is 23.2 Å². The van der Waals surface area contributed by atoms with Gasteiger partial charge in [-0.1, -0.05) is 30.3 Å². The monoisotopic (exact) mass is 383 g/mol. The van der Waals surface area contributed by atoms with Crippen molar-refractivity contribution in [2.24, 2.45) is 10.1 Å². The van der Waals surface area contributed by atoms with Crippen LogP contribution >= 0.6 is 0 Å². The molecule has 3 aromatic carbocycles. The second kappa shape index (κ2) is 7.47. The molecule has 2 N–H and O–H groups in total. The van der Waals surface area contributed by atoms with E-state index >= 15 is 0 Å². The number of benzene rings is 3. The van der Waals surface area contributed by atoms with Crippen LogP contribution < -0.4 is 14.9 Å². The summed E-state index contributed by atoms with van der Waals surface area (Å²) in [7, 11) is 0. The summed E-state index contributed by atoms with van der Waals surface area (Å²) in [6.07, 6.45) is 1.70. The quantitative estimate of drug-likeness (QED) is 0.317. The number of aromatic nitrogens is 2. The van der Waals surface area contributed by atoms with Crippen LogP contribution in [0.25, 0.3) is 11.0 Å². The number of para-hydroxylation sites is 3. The number of H-pyrrole nitrogens is 1. The van der Waals surface area contributed by atoms with Crippen LogP contribution in [0.3, 0.4) is 0 Å². The number of aliphatic imine (C=N–C) groups is 1. The molecule has 5 rings (SSSR count). The molecule has 0 saturated carbocycles. The second-order valence-corrected chi connectivity index (χ2v) is 6.38. The molecule has 4 aromatic rings. The Morgan fingerprint density at radius 2 is 1.79 bits per heavy atom. The van der Waals surface area contributed by atoms with Crippen molar-refractivity contribution in [3.05, 3.63) is 84.2 Å². The van der Waals surface area contributed by atoms with Gasteiger partial charge in [-0.15, -0.1) is 0 Å². The van der Waals surface area contributed by atoms with E-state index in [2.05, 4.69) is 25.5 Å². The molecular formula is C22H17N5O2. The van der Waals surface area contributed by atoms with Gasteiger partial charge in [0.05, 0.1) is 22.9 Å². The summed E-state index contributed by atoms with van der Waals surface area (Å²) in [6.45, 7) is 0.244. The Morgan fingerprint density at radius 3 is 2.69 bits per heavy atom. The van der Waals surface area contributed by atoms with Crippen LogP contribution in [0.1, 0.15) is 11.4 Å². The lowest BCUT2D eigenvalue weighted by atomic mass is 10.2. The van der Waals surface area contributed by atoms with Crippen molar-refractivity contribution < 1.29 is 9.47 Å². The number of rotatable bonds is 4. The fourth-order valence-electron chi connectivity index (χ4n) is 2.99. The average molecular weight is 383 g/mol. The lowest BCUT2D eigenvalue weighted by molar-refractivity contribution is 0.174. The van der Waals surface area contributed by atoms with Gasteiger partial charge in [0, 0.05) is 0 Å². The largest absolute Gasteiger partial charge is 0.454 e. The highest BCUT2D eigenvalue weighted by Gasteiger charge is 2.13. The molecule has 0 aliphatic carbocycles. The predicted molar refractivity (Wildman–Crippen MR) is 112 cm³/mol. The number of ether oxygens (including phenoxy) is 2. The second-order valence-electron chi connectivity index (χ2n) is 6.38. The van der Waals surface area contributed by atoms with Crippen molar-refractivity contribution in [2.75, 3.05) is 6.79 Å². The molecule has 1 aliphatic heterocycles. The zero-order valence-corrected chi connectivity index (χ0v) is 15.4. The predicted octanol–water partition coefficient (Wildman–Crippen LogP) is 3.99. The number of aromatic amines is 1. The normalized spacial score (nSPS) is 13.3. The maximum absolute atomic E-state index is 5.41. The van der Waals surface area contributed by atoms with E-state index in [1.807, 2.05) is 72.8 Å². The Labute approximate surface area is 166 Å². The lowest BCUT2D eigenvalue weighted by Gasteiger charge is -2.03. The zero-order valence-electron chi connectivity index (χ0n) is 15.4. The third kappa shape index (κ3) is 3.66. The smallest absolute Gasteiger partial charge is 0.231 e. The van der Waals surface area contributed by atoms with Gasteiger partial charge < -0.3 is 14.5 Å². The molecule has 29 heavy (non-hydrogen) atoms. The van der Waals surface area contributed by atoms with E-state index in [1.54, 1.807) is 6.21 Å². The molecule has 0 saturated heterocycles. The molecule has 0 bridgehead atoms. The van der Waals surface area contributed by atoms with Gasteiger partial charge in [0.25, 0.3) is 0 Å². The fourth-order valence-corrected chi connectivity index (χ4v) is 2.99. The lowest BCUT2D eigenvalue weighted by Crippen LogP contribution is -2.20. The third-order valence-corrected chi connectivity index (χ3v) is 4.39. The van der Waals surface area contributed by atoms with Crippen LogP contribution in [0.15, 0.2) is 82.9 Å². The molecule has 0 spiro atoms. The van der Waals surface area contributed by atoms with Gasteiger partial charge in [-0.25, -0.2) is 9.98 Å². The summed E-state index contributed by atoms with van der Waals surface area (Å²) < 4.78 is 10.7. The summed E-state index contributed by atoms with van der Waals surface area (Å²) in [6, 6.07) is 23.2. The molecule has 1 aromatic heterocycles. The summed E-state index contributed by atoms with van der Waals surface area (Å²) in [5.41, 5.74) is 6.50. The van der Waals surface area contributed by atoms with Crippen molar-refractivity contribution in [1.29, 1.82) is 0 Å².